The van der Waals surface area contributed by atoms with Crippen LogP contribution in [0.25, 0.3) is 83.6 Å². The van der Waals surface area contributed by atoms with Gasteiger partial charge in [0, 0.05) is 49.8 Å². The molecule has 0 atom stereocenters. The average Bonchev–Trinajstić information content (AvgIpc) is 3.59. The summed E-state index contributed by atoms with van der Waals surface area (Å²) in [5.41, 5.74) is 12.0. The Morgan fingerprint density at radius 2 is 0.870 bits per heavy atom. The molecule has 10 aromatic rings. The lowest BCUT2D eigenvalue weighted by Crippen LogP contribution is -2.15. The maximum atomic E-state index is 5.14. The van der Waals surface area contributed by atoms with E-state index in [-0.39, 0.29) is 0 Å². The summed E-state index contributed by atoms with van der Waals surface area (Å²) in [4.78, 5) is 17.6. The quantitative estimate of drug-likeness (QED) is 0.180. The predicted molar refractivity (Wildman–Crippen MR) is 222 cm³/mol. The van der Waals surface area contributed by atoms with Gasteiger partial charge in [-0.1, -0.05) is 133 Å². The van der Waals surface area contributed by atoms with Gasteiger partial charge >= 0.3 is 0 Å². The fraction of sp³-hybridized carbons (Fsp3) is 0. The van der Waals surface area contributed by atoms with Crippen LogP contribution in [-0.4, -0.2) is 19.5 Å². The monoisotopic (exact) mass is 689 g/mol. The summed E-state index contributed by atoms with van der Waals surface area (Å²) in [6, 6.07) is 66.2. The van der Waals surface area contributed by atoms with Gasteiger partial charge < -0.3 is 9.47 Å². The van der Waals surface area contributed by atoms with Gasteiger partial charge in [0.25, 0.3) is 0 Å². The van der Waals surface area contributed by atoms with E-state index in [1.54, 1.807) is 0 Å². The first-order chi connectivity index (χ1) is 26.8. The van der Waals surface area contributed by atoms with E-state index in [2.05, 4.69) is 161 Å². The Hall–Kier alpha value is -7.37. The fourth-order valence-corrected chi connectivity index (χ4v) is 8.18. The van der Waals surface area contributed by atoms with Crippen LogP contribution >= 0.6 is 0 Å². The number of hydrogen-bond acceptors (Lipinski definition) is 4. The maximum absolute atomic E-state index is 5.14. The number of fused-ring (bicyclic) bond motifs is 5. The van der Waals surface area contributed by atoms with Crippen LogP contribution in [0.2, 0.25) is 0 Å². The second-order valence-corrected chi connectivity index (χ2v) is 13.6. The third-order valence-corrected chi connectivity index (χ3v) is 10.6. The number of hydrogen-bond donors (Lipinski definition) is 0. The summed E-state index contributed by atoms with van der Waals surface area (Å²) in [5.74, 6) is 1.93. The molecule has 0 aliphatic carbocycles. The van der Waals surface area contributed by atoms with Crippen LogP contribution in [0, 0.1) is 0 Å². The zero-order chi connectivity index (χ0) is 35.6. The molecule has 0 fully saturated rings. The molecule has 5 heteroatoms. The summed E-state index contributed by atoms with van der Waals surface area (Å²) in [5, 5.41) is 4.74. The molecule has 0 bridgehead atoms. The van der Waals surface area contributed by atoms with E-state index >= 15 is 0 Å². The summed E-state index contributed by atoms with van der Waals surface area (Å²) < 4.78 is 2.39. The molecule has 0 unspecified atom stereocenters. The minimum absolute atomic E-state index is 0.641. The molecular weight excluding hydrogens is 659 g/mol. The average molecular weight is 690 g/mol. The molecule has 5 nitrogen and oxygen atoms in total. The van der Waals surface area contributed by atoms with E-state index in [0.29, 0.717) is 17.5 Å². The SMILES string of the molecule is c1ccc(-c2nc(-c3ccccc3)nc(-c3ccc4c5c(cccc35)-c3cc(-n5c6ccccc6c6ccccc65)ccc3N4c3ccccc3)n2)cc1. The largest absolute Gasteiger partial charge is 0.309 e. The zero-order valence-corrected chi connectivity index (χ0v) is 29.1. The molecule has 1 aliphatic rings. The highest BCUT2D eigenvalue weighted by atomic mass is 15.2. The number of anilines is 3. The van der Waals surface area contributed by atoms with Crippen molar-refractivity contribution >= 4 is 49.6 Å². The van der Waals surface area contributed by atoms with Gasteiger partial charge in [0.2, 0.25) is 0 Å². The van der Waals surface area contributed by atoms with Crippen molar-refractivity contribution in [3.63, 3.8) is 0 Å². The van der Waals surface area contributed by atoms with E-state index in [0.717, 1.165) is 50.2 Å². The zero-order valence-electron chi connectivity index (χ0n) is 29.1. The Bertz CT molecular complexity index is 2930. The molecule has 252 valence electrons. The Morgan fingerprint density at radius 1 is 0.333 bits per heavy atom. The fourth-order valence-electron chi connectivity index (χ4n) is 8.18. The van der Waals surface area contributed by atoms with Gasteiger partial charge in [-0.2, -0.15) is 0 Å². The van der Waals surface area contributed by atoms with E-state index in [1.165, 1.54) is 32.9 Å². The highest BCUT2D eigenvalue weighted by Gasteiger charge is 2.28. The van der Waals surface area contributed by atoms with E-state index in [9.17, 15) is 0 Å². The van der Waals surface area contributed by atoms with E-state index < -0.39 is 0 Å². The number of benzene rings is 8. The third kappa shape index (κ3) is 4.69. The molecule has 0 saturated heterocycles. The summed E-state index contributed by atoms with van der Waals surface area (Å²) >= 11 is 0. The molecule has 54 heavy (non-hydrogen) atoms. The lowest BCUT2D eigenvalue weighted by molar-refractivity contribution is 1.08. The summed E-state index contributed by atoms with van der Waals surface area (Å²) in [7, 11) is 0. The molecule has 11 rings (SSSR count). The maximum Gasteiger partial charge on any atom is 0.164 e. The van der Waals surface area contributed by atoms with Crippen molar-refractivity contribution in [3.8, 4) is 51.0 Å². The van der Waals surface area contributed by atoms with E-state index in [1.807, 2.05) is 36.4 Å². The molecule has 2 aromatic heterocycles. The van der Waals surface area contributed by atoms with Gasteiger partial charge in [-0.3, -0.25) is 0 Å². The Kier molecular flexibility index (Phi) is 6.79. The van der Waals surface area contributed by atoms with Crippen molar-refractivity contribution in [2.24, 2.45) is 0 Å². The summed E-state index contributed by atoms with van der Waals surface area (Å²) in [6.07, 6.45) is 0. The number of para-hydroxylation sites is 3. The van der Waals surface area contributed by atoms with Crippen LogP contribution < -0.4 is 4.90 Å². The van der Waals surface area contributed by atoms with Gasteiger partial charge in [-0.05, 0) is 65.5 Å². The molecule has 1 aliphatic heterocycles. The molecule has 0 radical (unpaired) electrons. The highest BCUT2D eigenvalue weighted by Crippen LogP contribution is 2.53. The smallest absolute Gasteiger partial charge is 0.164 e. The first kappa shape index (κ1) is 30.3. The van der Waals surface area contributed by atoms with Crippen LogP contribution in [0.4, 0.5) is 17.1 Å². The molecule has 0 spiro atoms. The molecule has 8 aromatic carbocycles. The Morgan fingerprint density at radius 3 is 1.52 bits per heavy atom. The normalized spacial score (nSPS) is 12.0. The van der Waals surface area contributed by atoms with Gasteiger partial charge in [-0.25, -0.2) is 15.0 Å². The van der Waals surface area contributed by atoms with Crippen molar-refractivity contribution in [2.75, 3.05) is 4.90 Å². The van der Waals surface area contributed by atoms with E-state index in [4.69, 9.17) is 15.0 Å². The number of rotatable bonds is 5. The standard InChI is InChI=1S/C49H31N5/c1-4-15-32(16-5-1)47-50-48(33-17-6-2-7-18-33)52-49(51-47)40-28-30-45-46-38(40)23-14-24-39(46)41-31-35(27-29-44(41)53(45)34-19-8-3-9-20-34)54-42-25-12-10-21-36(42)37-22-11-13-26-43(37)54/h1-31H. The van der Waals surface area contributed by atoms with Crippen LogP contribution in [0.5, 0.6) is 0 Å². The Balaban J connectivity index is 1.18. The predicted octanol–water partition coefficient (Wildman–Crippen LogP) is 12.6. The lowest BCUT2D eigenvalue weighted by atomic mass is 9.88. The van der Waals surface area contributed by atoms with Crippen LogP contribution in [-0.2, 0) is 0 Å². The van der Waals surface area contributed by atoms with Crippen LogP contribution in [0.1, 0.15) is 0 Å². The lowest BCUT2D eigenvalue weighted by Gasteiger charge is -2.34. The van der Waals surface area contributed by atoms with Gasteiger partial charge in [0.1, 0.15) is 0 Å². The van der Waals surface area contributed by atoms with Gasteiger partial charge in [0.15, 0.2) is 17.5 Å². The molecule has 0 N–H and O–H groups in total. The molecule has 0 amide bonds. The highest BCUT2D eigenvalue weighted by molar-refractivity contribution is 6.17. The third-order valence-electron chi connectivity index (χ3n) is 10.6. The van der Waals surface area contributed by atoms with Crippen molar-refractivity contribution in [1.29, 1.82) is 0 Å². The van der Waals surface area contributed by atoms with Crippen LogP contribution in [0.3, 0.4) is 0 Å². The first-order valence-electron chi connectivity index (χ1n) is 18.2. The molecular formula is C49H31N5. The molecule has 3 heterocycles. The van der Waals surface area contributed by atoms with Crippen molar-refractivity contribution in [2.45, 2.75) is 0 Å². The minimum Gasteiger partial charge on any atom is -0.309 e. The number of aromatic nitrogens is 4. The van der Waals surface area contributed by atoms with Gasteiger partial charge in [0.05, 0.1) is 22.4 Å². The second-order valence-electron chi connectivity index (χ2n) is 13.6. The summed E-state index contributed by atoms with van der Waals surface area (Å²) in [6.45, 7) is 0. The minimum atomic E-state index is 0.641. The first-order valence-corrected chi connectivity index (χ1v) is 18.2. The van der Waals surface area contributed by atoms with Gasteiger partial charge in [-0.15, -0.1) is 0 Å². The van der Waals surface area contributed by atoms with Crippen molar-refractivity contribution < 1.29 is 0 Å². The topological polar surface area (TPSA) is 46.8 Å². The van der Waals surface area contributed by atoms with Crippen molar-refractivity contribution in [3.05, 3.63) is 188 Å². The number of nitrogens with zero attached hydrogens (tertiary/aromatic N) is 5. The molecule has 0 saturated carbocycles. The van der Waals surface area contributed by atoms with Crippen molar-refractivity contribution in [1.82, 2.24) is 19.5 Å². The Labute approximate surface area is 312 Å². The van der Waals surface area contributed by atoms with Crippen LogP contribution in [0.15, 0.2) is 188 Å². The second kappa shape index (κ2) is 12.1.